The maximum absolute atomic E-state index is 10.2. The Morgan fingerprint density at radius 1 is 1.10 bits per heavy atom. The lowest BCUT2D eigenvalue weighted by atomic mass is 9.77. The molecule has 2 N–H and O–H groups in total. The molecule has 106 valence electrons. The molecule has 0 amide bonds. The van der Waals surface area contributed by atoms with E-state index in [4.69, 9.17) is 11.6 Å². The minimum Gasteiger partial charge on any atom is -0.506 e. The van der Waals surface area contributed by atoms with E-state index < -0.39 is 0 Å². The maximum Gasteiger partial charge on any atom is 0.138 e. The van der Waals surface area contributed by atoms with Crippen molar-refractivity contribution in [3.63, 3.8) is 0 Å². The zero-order valence-electron chi connectivity index (χ0n) is 11.5. The van der Waals surface area contributed by atoms with Gasteiger partial charge in [0, 0.05) is 10.9 Å². The van der Waals surface area contributed by atoms with Crippen LogP contribution in [0.25, 0.3) is 0 Å². The number of halogens is 1. The molecule has 21 heavy (non-hydrogen) atoms. The first-order valence-electron chi connectivity index (χ1n) is 7.24. The molecule has 0 spiro atoms. The van der Waals surface area contributed by atoms with Crippen LogP contribution >= 0.6 is 11.6 Å². The van der Waals surface area contributed by atoms with E-state index >= 15 is 0 Å². The third kappa shape index (κ3) is 2.02. The van der Waals surface area contributed by atoms with Crippen LogP contribution in [0.4, 0.5) is 5.69 Å². The molecule has 0 bridgehead atoms. The molecule has 0 saturated heterocycles. The molecule has 0 radical (unpaired) electrons. The predicted octanol–water partition coefficient (Wildman–Crippen LogP) is 4.87. The summed E-state index contributed by atoms with van der Waals surface area (Å²) in [6.07, 6.45) is 5.58. The number of fused-ring (bicyclic) bond motifs is 3. The highest BCUT2D eigenvalue weighted by Crippen LogP contribution is 2.51. The second-order valence-corrected chi connectivity index (χ2v) is 6.20. The molecule has 4 rings (SSSR count). The molecular formula is C18H16ClNO. The summed E-state index contributed by atoms with van der Waals surface area (Å²) < 4.78 is 0. The van der Waals surface area contributed by atoms with E-state index in [-0.39, 0.29) is 6.04 Å². The van der Waals surface area contributed by atoms with Crippen molar-refractivity contribution in [2.45, 2.75) is 18.4 Å². The molecule has 0 saturated carbocycles. The van der Waals surface area contributed by atoms with Crippen molar-refractivity contribution in [3.8, 4) is 5.75 Å². The van der Waals surface area contributed by atoms with Crippen molar-refractivity contribution < 1.29 is 5.11 Å². The Balaban J connectivity index is 1.81. The molecule has 3 atom stereocenters. The van der Waals surface area contributed by atoms with Crippen LogP contribution in [0.2, 0.25) is 5.02 Å². The molecule has 0 fully saturated rings. The summed E-state index contributed by atoms with van der Waals surface area (Å²) in [6.45, 7) is 0. The first kappa shape index (κ1) is 12.8. The minimum atomic E-state index is 0.197. The zero-order chi connectivity index (χ0) is 14.4. The van der Waals surface area contributed by atoms with E-state index in [0.717, 1.165) is 17.1 Å². The zero-order valence-corrected chi connectivity index (χ0v) is 12.2. The number of nitrogens with one attached hydrogen (secondary N) is 1. The van der Waals surface area contributed by atoms with Gasteiger partial charge in [-0.2, -0.15) is 0 Å². The Morgan fingerprint density at radius 3 is 2.71 bits per heavy atom. The van der Waals surface area contributed by atoms with Gasteiger partial charge in [-0.15, -0.1) is 0 Å². The normalized spacial score (nSPS) is 26.0. The van der Waals surface area contributed by atoms with Gasteiger partial charge in [0.2, 0.25) is 0 Å². The van der Waals surface area contributed by atoms with Gasteiger partial charge in [0.25, 0.3) is 0 Å². The molecule has 1 aliphatic heterocycles. The molecule has 2 nitrogen and oxygen atoms in total. The Labute approximate surface area is 129 Å². The number of aromatic hydroxyl groups is 1. The van der Waals surface area contributed by atoms with Gasteiger partial charge in [-0.1, -0.05) is 48.0 Å². The van der Waals surface area contributed by atoms with Crippen LogP contribution in [0.3, 0.4) is 0 Å². The third-order valence-electron chi connectivity index (χ3n) is 4.60. The van der Waals surface area contributed by atoms with Gasteiger partial charge in [0.15, 0.2) is 0 Å². The number of benzene rings is 2. The Kier molecular flexibility index (Phi) is 2.93. The number of phenolic OH excluding ortho intramolecular Hbond substituents is 1. The molecule has 2 aromatic rings. The largest absolute Gasteiger partial charge is 0.506 e. The minimum absolute atomic E-state index is 0.197. The number of hydrogen-bond acceptors (Lipinski definition) is 2. The van der Waals surface area contributed by atoms with E-state index in [1.165, 1.54) is 11.1 Å². The molecule has 3 unspecified atom stereocenters. The van der Waals surface area contributed by atoms with Crippen LogP contribution in [-0.4, -0.2) is 5.11 Å². The highest BCUT2D eigenvalue weighted by Gasteiger charge is 2.38. The lowest BCUT2D eigenvalue weighted by Gasteiger charge is -2.37. The lowest BCUT2D eigenvalue weighted by molar-refractivity contribution is 0.415. The molecule has 2 aliphatic rings. The van der Waals surface area contributed by atoms with Crippen LogP contribution < -0.4 is 5.32 Å². The van der Waals surface area contributed by atoms with Crippen molar-refractivity contribution in [2.24, 2.45) is 5.92 Å². The fourth-order valence-electron chi connectivity index (χ4n) is 3.61. The molecular weight excluding hydrogens is 282 g/mol. The quantitative estimate of drug-likeness (QED) is 0.581. The van der Waals surface area contributed by atoms with Crippen LogP contribution in [-0.2, 0) is 0 Å². The van der Waals surface area contributed by atoms with Crippen LogP contribution in [0.5, 0.6) is 5.75 Å². The van der Waals surface area contributed by atoms with Gasteiger partial charge < -0.3 is 10.4 Å². The van der Waals surface area contributed by atoms with E-state index in [1.54, 1.807) is 6.07 Å². The third-order valence-corrected chi connectivity index (χ3v) is 4.86. The second kappa shape index (κ2) is 4.81. The van der Waals surface area contributed by atoms with Crippen LogP contribution in [0.1, 0.15) is 29.5 Å². The summed E-state index contributed by atoms with van der Waals surface area (Å²) in [4.78, 5) is 0. The summed E-state index contributed by atoms with van der Waals surface area (Å²) in [6, 6.07) is 14.0. The molecule has 3 heteroatoms. The second-order valence-electron chi connectivity index (χ2n) is 5.77. The van der Waals surface area contributed by atoms with Gasteiger partial charge in [-0.3, -0.25) is 0 Å². The number of anilines is 1. The standard InChI is InChI=1S/C18H16ClNO/c19-12-9-7-11(8-10-12)17-14-4-1-3-13(14)15-5-2-6-16(21)18(15)20-17/h1-3,5-10,13-14,17,20-21H,4H2. The molecule has 2 aromatic carbocycles. The van der Waals surface area contributed by atoms with Crippen LogP contribution in [0, 0.1) is 5.92 Å². The average molecular weight is 298 g/mol. The van der Waals surface area contributed by atoms with Gasteiger partial charge in [-0.25, -0.2) is 0 Å². The Hall–Kier alpha value is -1.93. The average Bonchev–Trinajstić information content (AvgIpc) is 2.98. The van der Waals surface area contributed by atoms with Crippen molar-refractivity contribution in [3.05, 3.63) is 70.8 Å². The van der Waals surface area contributed by atoms with E-state index in [9.17, 15) is 5.11 Å². The van der Waals surface area contributed by atoms with Crippen molar-refractivity contribution in [2.75, 3.05) is 5.32 Å². The summed E-state index contributed by atoms with van der Waals surface area (Å²) in [5, 5.41) is 14.5. The fourth-order valence-corrected chi connectivity index (χ4v) is 3.73. The Bertz CT molecular complexity index is 708. The lowest BCUT2D eigenvalue weighted by Crippen LogP contribution is -2.29. The van der Waals surface area contributed by atoms with Gasteiger partial charge in [-0.05, 0) is 41.7 Å². The maximum atomic E-state index is 10.2. The van der Waals surface area contributed by atoms with Crippen LogP contribution in [0.15, 0.2) is 54.6 Å². The molecule has 1 heterocycles. The van der Waals surface area contributed by atoms with Gasteiger partial charge >= 0.3 is 0 Å². The number of allylic oxidation sites excluding steroid dienone is 2. The Morgan fingerprint density at radius 2 is 1.90 bits per heavy atom. The number of hydrogen-bond donors (Lipinski definition) is 2. The van der Waals surface area contributed by atoms with E-state index in [2.05, 4.69) is 35.7 Å². The smallest absolute Gasteiger partial charge is 0.138 e. The summed E-state index contributed by atoms with van der Waals surface area (Å²) >= 11 is 6.00. The number of para-hydroxylation sites is 1. The topological polar surface area (TPSA) is 32.3 Å². The summed E-state index contributed by atoms with van der Waals surface area (Å²) in [5.41, 5.74) is 3.27. The van der Waals surface area contributed by atoms with Gasteiger partial charge in [0.1, 0.15) is 5.75 Å². The highest BCUT2D eigenvalue weighted by molar-refractivity contribution is 6.30. The summed E-state index contributed by atoms with van der Waals surface area (Å²) in [7, 11) is 0. The highest BCUT2D eigenvalue weighted by atomic mass is 35.5. The van der Waals surface area contributed by atoms with Crippen molar-refractivity contribution in [1.29, 1.82) is 0 Å². The number of phenols is 1. The van der Waals surface area contributed by atoms with Crippen molar-refractivity contribution >= 4 is 17.3 Å². The van der Waals surface area contributed by atoms with E-state index in [1.807, 2.05) is 18.2 Å². The predicted molar refractivity (Wildman–Crippen MR) is 85.9 cm³/mol. The monoisotopic (exact) mass is 297 g/mol. The molecule has 1 aliphatic carbocycles. The SMILES string of the molecule is Oc1cccc2c1NC(c1ccc(Cl)cc1)C1CC=CC21. The van der Waals surface area contributed by atoms with E-state index in [0.29, 0.717) is 17.6 Å². The summed E-state index contributed by atoms with van der Waals surface area (Å²) in [5.74, 6) is 1.18. The van der Waals surface area contributed by atoms with Gasteiger partial charge in [0.05, 0.1) is 11.7 Å². The first-order chi connectivity index (χ1) is 10.2. The molecule has 0 aromatic heterocycles. The first-order valence-corrected chi connectivity index (χ1v) is 7.62. The fraction of sp³-hybridized carbons (Fsp3) is 0.222. The number of rotatable bonds is 1. The van der Waals surface area contributed by atoms with Crippen molar-refractivity contribution in [1.82, 2.24) is 0 Å².